The van der Waals surface area contributed by atoms with E-state index < -0.39 is 166 Å². The smallest absolute Gasteiger partial charge is 0.397 e. The molecule has 31 nitrogen and oxygen atoms in total. The average molecular weight is 1100 g/mol. The molecule has 0 aliphatic heterocycles. The Bertz CT molecular complexity index is 3410. The van der Waals surface area contributed by atoms with Gasteiger partial charge in [-0.15, -0.1) is 30.7 Å². The van der Waals surface area contributed by atoms with E-state index in [9.17, 15) is 66.8 Å². The molecule has 0 saturated carbocycles. The number of ether oxygens (including phenoxy) is 3. The van der Waals surface area contributed by atoms with E-state index in [0.717, 1.165) is 50.6 Å². The average Bonchev–Trinajstić information content (AvgIpc) is 3.28. The van der Waals surface area contributed by atoms with Crippen LogP contribution in [0, 0.1) is 5.41 Å². The van der Waals surface area contributed by atoms with Gasteiger partial charge in [0.15, 0.2) is 26.1 Å². The van der Waals surface area contributed by atoms with Gasteiger partial charge in [0.25, 0.3) is 10.1 Å². The summed E-state index contributed by atoms with van der Waals surface area (Å²) in [6, 6.07) is 6.69. The minimum atomic E-state index is -5.11. The highest BCUT2D eigenvalue weighted by molar-refractivity contribution is 7.92. The molecule has 0 saturated heterocycles. The van der Waals surface area contributed by atoms with Crippen molar-refractivity contribution in [1.29, 1.82) is 5.41 Å². The van der Waals surface area contributed by atoms with Crippen molar-refractivity contribution in [2.45, 2.75) is 34.5 Å². The van der Waals surface area contributed by atoms with Gasteiger partial charge in [-0.2, -0.15) is 25.3 Å². The van der Waals surface area contributed by atoms with E-state index in [1.165, 1.54) is 6.07 Å². The third-order valence-corrected chi connectivity index (χ3v) is 14.2. The highest BCUT2D eigenvalue weighted by Gasteiger charge is 2.29. The fourth-order valence-corrected chi connectivity index (χ4v) is 9.86. The van der Waals surface area contributed by atoms with Crippen LogP contribution in [0.5, 0.6) is 11.5 Å². The number of anilines is 2. The minimum absolute atomic E-state index is 0.107. The number of rotatable bonds is 25. The molecule has 36 heteroatoms. The first-order valence-electron chi connectivity index (χ1n) is 18.8. The summed E-state index contributed by atoms with van der Waals surface area (Å²) in [5, 5.41) is 61.6. The molecular formula is C35H39N9O22S5. The molecule has 0 spiro atoms. The number of hydrogen-bond donors (Lipinski definition) is 9. The molecule has 0 radical (unpaired) electrons. The second-order valence-corrected chi connectivity index (χ2v) is 21.3. The van der Waals surface area contributed by atoms with Crippen molar-refractivity contribution < 1.29 is 98.4 Å². The van der Waals surface area contributed by atoms with Gasteiger partial charge in [0, 0.05) is 23.3 Å². The summed E-state index contributed by atoms with van der Waals surface area (Å²) >= 11 is 0. The van der Waals surface area contributed by atoms with Crippen LogP contribution in [0.4, 0.5) is 45.5 Å². The van der Waals surface area contributed by atoms with E-state index in [4.69, 9.17) is 40.2 Å². The largest absolute Gasteiger partial charge is 0.495 e. The molecule has 71 heavy (non-hydrogen) atoms. The summed E-state index contributed by atoms with van der Waals surface area (Å²) in [4.78, 5) is 10.9. The topological polar surface area (TPSA) is 505 Å². The number of carboxylic acid groups (broad SMARTS) is 1. The highest BCUT2D eigenvalue weighted by atomic mass is 32.3. The van der Waals surface area contributed by atoms with E-state index in [2.05, 4.69) is 39.1 Å². The zero-order valence-corrected chi connectivity index (χ0v) is 40.2. The number of hydrogen-bond acceptors (Lipinski definition) is 27. The highest BCUT2D eigenvalue weighted by Crippen LogP contribution is 2.50. The molecule has 0 unspecified atom stereocenters. The van der Waals surface area contributed by atoms with Crippen molar-refractivity contribution in [3.63, 3.8) is 0 Å². The maximum Gasteiger partial charge on any atom is 0.397 e. The van der Waals surface area contributed by atoms with Gasteiger partial charge < -0.3 is 41.0 Å². The summed E-state index contributed by atoms with van der Waals surface area (Å²) in [6.45, 7) is -4.36. The molecule has 11 N–H and O–H groups in total. The van der Waals surface area contributed by atoms with Gasteiger partial charge >= 0.3 is 26.8 Å². The van der Waals surface area contributed by atoms with Gasteiger partial charge in [0.05, 0.1) is 74.9 Å². The molecule has 0 aliphatic rings. The number of nitrogens with one attached hydrogen (secondary N) is 1. The van der Waals surface area contributed by atoms with Gasteiger partial charge in [0.2, 0.25) is 0 Å². The molecule has 4 rings (SSSR count). The SMILES string of the molecule is COc1cc(N=Nc2c(N)c(N=Nc3cc(OC)c(S(=O)(=O)CCOS(=O)(=O)O)cc3CO)c(C(=O)O)c(N=Nc3ccc(COC=N)cc3S(=O)(=O)O)c2N)c(CO)cc1S(=O)(=O)CCOS(=O)(=O)O. The monoisotopic (exact) mass is 1100 g/mol. The molecule has 0 amide bonds. The van der Waals surface area contributed by atoms with Crippen molar-refractivity contribution in [2.75, 3.05) is 50.4 Å². The molecule has 4 aromatic rings. The second kappa shape index (κ2) is 23.0. The molecular weight excluding hydrogens is 1060 g/mol. The first-order valence-corrected chi connectivity index (χ1v) is 26.3. The normalized spacial score (nSPS) is 12.8. The van der Waals surface area contributed by atoms with Crippen LogP contribution in [0.2, 0.25) is 0 Å². The van der Waals surface area contributed by atoms with E-state index in [-0.39, 0.29) is 29.0 Å². The first kappa shape index (κ1) is 56.9. The third-order valence-electron chi connectivity index (χ3n) is 9.03. The van der Waals surface area contributed by atoms with Crippen molar-refractivity contribution in [3.05, 3.63) is 64.7 Å². The number of carbonyl (C=O) groups is 1. The molecule has 386 valence electrons. The van der Waals surface area contributed by atoms with E-state index in [1.807, 2.05) is 0 Å². The zero-order valence-electron chi connectivity index (χ0n) is 36.2. The van der Waals surface area contributed by atoms with E-state index in [0.29, 0.717) is 6.40 Å². The van der Waals surface area contributed by atoms with Crippen LogP contribution in [0.3, 0.4) is 0 Å². The second-order valence-electron chi connectivity index (χ2n) is 13.6. The first-order chi connectivity index (χ1) is 33.0. The van der Waals surface area contributed by atoms with Crippen molar-refractivity contribution in [3.8, 4) is 11.5 Å². The summed E-state index contributed by atoms with van der Waals surface area (Å²) < 4.78 is 172. The van der Waals surface area contributed by atoms with Crippen LogP contribution >= 0.6 is 0 Å². The molecule has 0 atom stereocenters. The fraction of sp³-hybridized carbons (Fsp3) is 0.257. The Kier molecular flexibility index (Phi) is 18.4. The number of methoxy groups -OCH3 is 2. The number of benzene rings is 4. The number of azo groups is 3. The maximum absolute atomic E-state index is 13.2. The van der Waals surface area contributed by atoms with Gasteiger partial charge in [-0.1, -0.05) is 6.07 Å². The van der Waals surface area contributed by atoms with Crippen LogP contribution in [0.1, 0.15) is 27.0 Å². The lowest BCUT2D eigenvalue weighted by Crippen LogP contribution is -2.16. The van der Waals surface area contributed by atoms with Crippen LogP contribution in [-0.2, 0) is 83.5 Å². The molecule has 0 fully saturated rings. The molecule has 4 aromatic carbocycles. The van der Waals surface area contributed by atoms with Crippen LogP contribution in [0.25, 0.3) is 0 Å². The predicted octanol–water partition coefficient (Wildman–Crippen LogP) is 3.35. The summed E-state index contributed by atoms with van der Waals surface area (Å²) in [5.74, 6) is -4.91. The van der Waals surface area contributed by atoms with Crippen LogP contribution in [0.15, 0.2) is 87.8 Å². The van der Waals surface area contributed by atoms with E-state index >= 15 is 0 Å². The fourth-order valence-electron chi connectivity index (χ4n) is 5.80. The minimum Gasteiger partial charge on any atom is -0.495 e. The van der Waals surface area contributed by atoms with Crippen LogP contribution in [-0.4, -0.2) is 122 Å². The van der Waals surface area contributed by atoms with Crippen molar-refractivity contribution >= 4 is 108 Å². The Morgan fingerprint density at radius 3 is 1.41 bits per heavy atom. The van der Waals surface area contributed by atoms with Gasteiger partial charge in [-0.05, 0) is 29.8 Å². The number of nitrogens with zero attached hydrogens (tertiary/aromatic N) is 6. The van der Waals surface area contributed by atoms with Crippen molar-refractivity contribution in [2.24, 2.45) is 30.7 Å². The quantitative estimate of drug-likeness (QED) is 0.0151. The lowest BCUT2D eigenvalue weighted by Gasteiger charge is -2.15. The number of aromatic carboxylic acids is 1. The van der Waals surface area contributed by atoms with Crippen LogP contribution < -0.4 is 20.9 Å². The van der Waals surface area contributed by atoms with E-state index in [1.54, 1.807) is 0 Å². The number of aliphatic hydroxyl groups is 2. The Labute approximate surface area is 402 Å². The Morgan fingerprint density at radius 2 is 1.04 bits per heavy atom. The number of nitrogen functional groups attached to an aromatic ring is 2. The number of nitrogens with two attached hydrogens (primary N) is 2. The van der Waals surface area contributed by atoms with Gasteiger partial charge in [-0.3, -0.25) is 19.1 Å². The lowest BCUT2D eigenvalue weighted by atomic mass is 10.1. The predicted molar refractivity (Wildman–Crippen MR) is 242 cm³/mol. The zero-order chi connectivity index (χ0) is 53.3. The summed E-state index contributed by atoms with van der Waals surface area (Å²) in [5.41, 5.74) is 5.84. The maximum atomic E-state index is 13.2. The third kappa shape index (κ3) is 14.7. The van der Waals surface area contributed by atoms with Crippen molar-refractivity contribution in [1.82, 2.24) is 0 Å². The number of sulfone groups is 2. The lowest BCUT2D eigenvalue weighted by molar-refractivity contribution is 0.0698. The summed E-state index contributed by atoms with van der Waals surface area (Å²) in [6.07, 6.45) is 0.551. The number of carboxylic acids is 1. The molecule has 0 aliphatic carbocycles. The molecule has 0 heterocycles. The van der Waals surface area contributed by atoms with Gasteiger partial charge in [-0.25, -0.2) is 30.0 Å². The Morgan fingerprint density at radius 1 is 0.620 bits per heavy atom. The summed E-state index contributed by atoms with van der Waals surface area (Å²) in [7, 11) is -22.2. The Balaban J connectivity index is 2.03. The molecule has 0 aromatic heterocycles. The molecule has 0 bridgehead atoms. The number of aliphatic hydroxyl groups excluding tert-OH is 2. The Hall–Kier alpha value is -6.71. The standard InChI is InChI=1S/C35H39N9O22S5/c1-62-24-12-22(19(14-45)10-27(24)67(49,50)7-5-65-70(56,57)58)40-43-33-29(35(47)48)32(42-39-21-4-3-18(16-64-17-36)9-26(21)69(53,54)55)30(37)34(31(33)38)44-41-23-13-25(63-2)28(11-20(23)15-46)68(51,52)8-6-66-71(59,60)61/h3-4,9-13,17,36,45-46H,5-8,14-16,37-38H2,1-2H3,(H,47,48)(H,53,54,55)(H,56,57,58)(H,59,60,61). The van der Waals surface area contributed by atoms with Gasteiger partial charge in [0.1, 0.15) is 61.1 Å².